The summed E-state index contributed by atoms with van der Waals surface area (Å²) in [7, 11) is -3.75. The molecule has 5 nitrogen and oxygen atoms in total. The van der Waals surface area contributed by atoms with Gasteiger partial charge >= 0.3 is 0 Å². The van der Waals surface area contributed by atoms with Crippen LogP contribution in [0.1, 0.15) is 24.0 Å². The predicted molar refractivity (Wildman–Crippen MR) is 83.7 cm³/mol. The van der Waals surface area contributed by atoms with Gasteiger partial charge in [0.15, 0.2) is 0 Å². The zero-order valence-electron chi connectivity index (χ0n) is 11.7. The summed E-state index contributed by atoms with van der Waals surface area (Å²) >= 11 is 3.37. The van der Waals surface area contributed by atoms with Gasteiger partial charge in [-0.1, -0.05) is 22.9 Å². The lowest BCUT2D eigenvalue weighted by molar-refractivity contribution is 0.245. The highest BCUT2D eigenvalue weighted by molar-refractivity contribution is 9.10. The zero-order chi connectivity index (χ0) is 15.6. The Morgan fingerprint density at radius 2 is 2.05 bits per heavy atom. The third-order valence-electron chi connectivity index (χ3n) is 3.06. The number of benzene rings is 1. The molecule has 2 rings (SSSR count). The van der Waals surface area contributed by atoms with E-state index in [1.54, 1.807) is 19.1 Å². The number of aryl methyl sites for hydroxylation is 2. The largest absolute Gasteiger partial charge is 0.462 e. The van der Waals surface area contributed by atoms with Crippen LogP contribution in [-0.4, -0.2) is 13.5 Å². The molecular weight excluding hydrogens is 358 g/mol. The molecule has 0 aliphatic heterocycles. The number of rotatable bonds is 5. The SMILES string of the molecule is CCc1cc(Br)ccc1NS(=O)(=O)c1cc(CO)oc1C. The summed E-state index contributed by atoms with van der Waals surface area (Å²) in [5.74, 6) is 0.473. The number of hydrogen-bond donors (Lipinski definition) is 2. The monoisotopic (exact) mass is 373 g/mol. The van der Waals surface area contributed by atoms with E-state index >= 15 is 0 Å². The highest BCUT2D eigenvalue weighted by Gasteiger charge is 2.22. The maximum Gasteiger partial charge on any atom is 0.265 e. The molecular formula is C14H16BrNO4S. The van der Waals surface area contributed by atoms with E-state index in [4.69, 9.17) is 9.52 Å². The second-order valence-electron chi connectivity index (χ2n) is 4.55. The first kappa shape index (κ1) is 16.1. The third kappa shape index (κ3) is 3.48. The molecule has 1 heterocycles. The lowest BCUT2D eigenvalue weighted by Gasteiger charge is -2.11. The third-order valence-corrected chi connectivity index (χ3v) is 5.03. The van der Waals surface area contributed by atoms with Crippen molar-refractivity contribution in [1.29, 1.82) is 0 Å². The first-order chi connectivity index (χ1) is 9.87. The molecule has 0 spiro atoms. The normalized spacial score (nSPS) is 11.6. The molecule has 1 aromatic heterocycles. The fourth-order valence-corrected chi connectivity index (χ4v) is 3.74. The molecule has 21 heavy (non-hydrogen) atoms. The van der Waals surface area contributed by atoms with Gasteiger partial charge in [-0.2, -0.15) is 0 Å². The second kappa shape index (κ2) is 6.21. The van der Waals surface area contributed by atoms with Crippen molar-refractivity contribution in [2.24, 2.45) is 0 Å². The van der Waals surface area contributed by atoms with E-state index in [1.165, 1.54) is 6.07 Å². The number of nitrogens with one attached hydrogen (secondary N) is 1. The van der Waals surface area contributed by atoms with Crippen LogP contribution in [0.4, 0.5) is 5.69 Å². The predicted octanol–water partition coefficient (Wildman–Crippen LogP) is 3.21. The molecule has 7 heteroatoms. The molecule has 0 aliphatic carbocycles. The summed E-state index contributed by atoms with van der Waals surface area (Å²) in [6, 6.07) is 6.70. The summed E-state index contributed by atoms with van der Waals surface area (Å²) in [6.07, 6.45) is 0.698. The van der Waals surface area contributed by atoms with Crippen LogP contribution < -0.4 is 4.72 Å². The first-order valence-corrected chi connectivity index (χ1v) is 8.66. The molecule has 0 radical (unpaired) electrons. The maximum absolute atomic E-state index is 12.4. The van der Waals surface area contributed by atoms with Crippen LogP contribution in [0, 0.1) is 6.92 Å². The summed E-state index contributed by atoms with van der Waals surface area (Å²) in [4.78, 5) is 0.0384. The molecule has 2 aromatic rings. The summed E-state index contributed by atoms with van der Waals surface area (Å²) in [5.41, 5.74) is 1.42. The standard InChI is InChI=1S/C14H16BrNO4S/c1-3-10-6-11(15)4-5-13(10)16-21(18,19)14-7-12(8-17)20-9(14)2/h4-7,16-17H,3,8H2,1-2H3. The Labute approximate surface area is 132 Å². The van der Waals surface area contributed by atoms with Crippen molar-refractivity contribution in [2.45, 2.75) is 31.8 Å². The van der Waals surface area contributed by atoms with Crippen molar-refractivity contribution in [3.8, 4) is 0 Å². The Kier molecular flexibility index (Phi) is 4.75. The van der Waals surface area contributed by atoms with Crippen molar-refractivity contribution in [2.75, 3.05) is 4.72 Å². The summed E-state index contributed by atoms with van der Waals surface area (Å²) in [5, 5.41) is 9.03. The van der Waals surface area contributed by atoms with Crippen LogP contribution >= 0.6 is 15.9 Å². The molecule has 0 saturated carbocycles. The van der Waals surface area contributed by atoms with Crippen molar-refractivity contribution >= 4 is 31.6 Å². The lowest BCUT2D eigenvalue weighted by Crippen LogP contribution is -2.14. The molecule has 0 atom stereocenters. The molecule has 0 unspecified atom stereocenters. The molecule has 2 N–H and O–H groups in total. The maximum atomic E-state index is 12.4. The van der Waals surface area contributed by atoms with Gasteiger partial charge in [0, 0.05) is 10.5 Å². The molecule has 0 fully saturated rings. The fourth-order valence-electron chi connectivity index (χ4n) is 2.02. The minimum Gasteiger partial charge on any atom is -0.462 e. The highest BCUT2D eigenvalue weighted by atomic mass is 79.9. The van der Waals surface area contributed by atoms with Gasteiger partial charge in [0.25, 0.3) is 10.0 Å². The van der Waals surface area contributed by atoms with E-state index in [9.17, 15) is 8.42 Å². The summed E-state index contributed by atoms with van der Waals surface area (Å²) < 4.78 is 33.5. The molecule has 0 amide bonds. The second-order valence-corrected chi connectivity index (χ2v) is 7.12. The van der Waals surface area contributed by atoms with Crippen LogP contribution in [0.3, 0.4) is 0 Å². The zero-order valence-corrected chi connectivity index (χ0v) is 14.1. The van der Waals surface area contributed by atoms with Gasteiger partial charge in [0.05, 0.1) is 5.69 Å². The van der Waals surface area contributed by atoms with Crippen molar-refractivity contribution in [3.63, 3.8) is 0 Å². The van der Waals surface area contributed by atoms with Crippen LogP contribution in [0.15, 0.2) is 38.1 Å². The number of aliphatic hydroxyl groups is 1. The number of aliphatic hydroxyl groups excluding tert-OH is 1. The van der Waals surface area contributed by atoms with Gasteiger partial charge in [-0.05, 0) is 37.1 Å². The van der Waals surface area contributed by atoms with Gasteiger partial charge in [-0.3, -0.25) is 4.72 Å². The Morgan fingerprint density at radius 1 is 1.33 bits per heavy atom. The number of halogens is 1. The average Bonchev–Trinajstić information content (AvgIpc) is 2.82. The van der Waals surface area contributed by atoms with Crippen LogP contribution in [-0.2, 0) is 23.1 Å². The first-order valence-electron chi connectivity index (χ1n) is 6.38. The Balaban J connectivity index is 2.39. The van der Waals surface area contributed by atoms with E-state index in [0.29, 0.717) is 12.1 Å². The van der Waals surface area contributed by atoms with E-state index < -0.39 is 10.0 Å². The van der Waals surface area contributed by atoms with Crippen molar-refractivity contribution in [1.82, 2.24) is 0 Å². The minimum absolute atomic E-state index is 0.0384. The number of anilines is 1. The van der Waals surface area contributed by atoms with E-state index in [0.717, 1.165) is 10.0 Å². The van der Waals surface area contributed by atoms with Crippen LogP contribution in [0.5, 0.6) is 0 Å². The minimum atomic E-state index is -3.75. The Bertz CT molecular complexity index is 752. The smallest absolute Gasteiger partial charge is 0.265 e. The van der Waals surface area contributed by atoms with Crippen molar-refractivity contribution in [3.05, 3.63) is 45.8 Å². The van der Waals surface area contributed by atoms with Gasteiger partial charge in [0.2, 0.25) is 0 Å². The molecule has 0 saturated heterocycles. The molecule has 0 bridgehead atoms. The summed E-state index contributed by atoms with van der Waals surface area (Å²) in [6.45, 7) is 3.16. The highest BCUT2D eigenvalue weighted by Crippen LogP contribution is 2.26. The molecule has 114 valence electrons. The quantitative estimate of drug-likeness (QED) is 0.842. The van der Waals surface area contributed by atoms with E-state index in [-0.39, 0.29) is 23.0 Å². The van der Waals surface area contributed by atoms with E-state index in [1.807, 2.05) is 13.0 Å². The molecule has 0 aliphatic rings. The van der Waals surface area contributed by atoms with E-state index in [2.05, 4.69) is 20.7 Å². The number of sulfonamides is 1. The lowest BCUT2D eigenvalue weighted by atomic mass is 10.1. The van der Waals surface area contributed by atoms with Crippen LogP contribution in [0.25, 0.3) is 0 Å². The van der Waals surface area contributed by atoms with Crippen molar-refractivity contribution < 1.29 is 17.9 Å². The Morgan fingerprint density at radius 3 is 2.62 bits per heavy atom. The number of furan rings is 1. The van der Waals surface area contributed by atoms with Gasteiger partial charge in [-0.25, -0.2) is 8.42 Å². The number of hydrogen-bond acceptors (Lipinski definition) is 4. The van der Waals surface area contributed by atoms with Gasteiger partial charge in [-0.15, -0.1) is 0 Å². The van der Waals surface area contributed by atoms with Gasteiger partial charge in [0.1, 0.15) is 23.0 Å². The van der Waals surface area contributed by atoms with Crippen LogP contribution in [0.2, 0.25) is 0 Å². The Hall–Kier alpha value is -1.31. The molecule has 1 aromatic carbocycles. The fraction of sp³-hybridized carbons (Fsp3) is 0.286. The van der Waals surface area contributed by atoms with Gasteiger partial charge < -0.3 is 9.52 Å². The topological polar surface area (TPSA) is 79.5 Å². The average molecular weight is 374 g/mol.